The third kappa shape index (κ3) is 2.77. The van der Waals surface area contributed by atoms with Crippen LogP contribution in [0.1, 0.15) is 6.92 Å². The van der Waals surface area contributed by atoms with Crippen molar-refractivity contribution in [1.82, 2.24) is 0 Å². The molecule has 0 aliphatic heterocycles. The molecule has 2 aromatic rings. The fourth-order valence-corrected chi connectivity index (χ4v) is 2.28. The lowest BCUT2D eigenvalue weighted by Crippen LogP contribution is -2.33. The van der Waals surface area contributed by atoms with E-state index in [-0.39, 0.29) is 5.88 Å². The number of rotatable bonds is 5. The van der Waals surface area contributed by atoms with Gasteiger partial charge in [0.05, 0.1) is 12.0 Å². The number of nitrogens with zero attached hydrogens (tertiary/aromatic N) is 1. The van der Waals surface area contributed by atoms with E-state index in [1.54, 1.807) is 0 Å². The Morgan fingerprint density at radius 2 is 1.89 bits per heavy atom. The van der Waals surface area contributed by atoms with Crippen molar-refractivity contribution in [1.29, 1.82) is 0 Å². The Kier molecular flexibility index (Phi) is 4.45. The zero-order chi connectivity index (χ0) is 13.0. The molecule has 18 heavy (non-hydrogen) atoms. The zero-order valence-corrected chi connectivity index (χ0v) is 11.3. The summed E-state index contributed by atoms with van der Waals surface area (Å²) in [5.41, 5.74) is 1.15. The van der Waals surface area contributed by atoms with Gasteiger partial charge in [0.25, 0.3) is 0 Å². The summed E-state index contributed by atoms with van der Waals surface area (Å²) >= 11 is 5.68. The number of aliphatic hydroxyl groups is 1. The Hall–Kier alpha value is -1.25. The molecular weight excluding hydrogens is 246 g/mol. The van der Waals surface area contributed by atoms with Crippen LogP contribution in [0, 0.1) is 0 Å². The maximum atomic E-state index is 9.72. The van der Waals surface area contributed by atoms with Crippen LogP contribution in [0.25, 0.3) is 10.8 Å². The molecule has 0 heterocycles. The van der Waals surface area contributed by atoms with Crippen LogP contribution >= 0.6 is 11.6 Å². The topological polar surface area (TPSA) is 23.5 Å². The molecule has 0 amide bonds. The number of hydrogen-bond donors (Lipinski definition) is 1. The van der Waals surface area contributed by atoms with Crippen LogP contribution in [0.2, 0.25) is 0 Å². The van der Waals surface area contributed by atoms with Crippen molar-refractivity contribution >= 4 is 28.1 Å². The number of benzene rings is 2. The number of likely N-dealkylation sites (N-methyl/N-ethyl adjacent to an activating group) is 1. The summed E-state index contributed by atoms with van der Waals surface area (Å²) < 4.78 is 0. The molecule has 0 fully saturated rings. The van der Waals surface area contributed by atoms with E-state index in [0.29, 0.717) is 6.54 Å². The first-order valence-corrected chi connectivity index (χ1v) is 6.76. The maximum absolute atomic E-state index is 9.72. The van der Waals surface area contributed by atoms with Gasteiger partial charge in [-0.15, -0.1) is 11.6 Å². The highest BCUT2D eigenvalue weighted by Gasteiger charge is 2.12. The molecular formula is C15H18ClNO. The molecule has 0 aliphatic carbocycles. The van der Waals surface area contributed by atoms with Crippen molar-refractivity contribution in [2.24, 2.45) is 0 Å². The first kappa shape index (κ1) is 13.2. The second kappa shape index (κ2) is 6.07. The van der Waals surface area contributed by atoms with Crippen molar-refractivity contribution in [3.8, 4) is 0 Å². The molecule has 0 aliphatic rings. The largest absolute Gasteiger partial charge is 0.390 e. The first-order chi connectivity index (χ1) is 8.76. The lowest BCUT2D eigenvalue weighted by atomic mass is 10.1. The molecule has 2 aromatic carbocycles. The molecule has 3 heteroatoms. The van der Waals surface area contributed by atoms with Crippen LogP contribution in [0.4, 0.5) is 5.69 Å². The van der Waals surface area contributed by atoms with Crippen LogP contribution in [0.5, 0.6) is 0 Å². The minimum Gasteiger partial charge on any atom is -0.390 e. The Morgan fingerprint density at radius 3 is 2.61 bits per heavy atom. The van der Waals surface area contributed by atoms with Gasteiger partial charge in [0, 0.05) is 24.2 Å². The number of fused-ring (bicyclic) bond motifs is 1. The van der Waals surface area contributed by atoms with E-state index in [2.05, 4.69) is 36.1 Å². The smallest absolute Gasteiger partial charge is 0.0850 e. The van der Waals surface area contributed by atoms with E-state index < -0.39 is 6.10 Å². The van der Waals surface area contributed by atoms with Crippen LogP contribution < -0.4 is 4.90 Å². The lowest BCUT2D eigenvalue weighted by Gasteiger charge is -2.26. The minimum absolute atomic E-state index is 0.265. The van der Waals surface area contributed by atoms with Gasteiger partial charge in [0.1, 0.15) is 0 Å². The first-order valence-electron chi connectivity index (χ1n) is 6.23. The van der Waals surface area contributed by atoms with E-state index in [1.807, 2.05) is 18.2 Å². The maximum Gasteiger partial charge on any atom is 0.0850 e. The summed E-state index contributed by atoms with van der Waals surface area (Å²) in [6.45, 7) is 3.50. The second-order valence-electron chi connectivity index (χ2n) is 4.35. The Labute approximate surface area is 113 Å². The number of halogens is 1. The highest BCUT2D eigenvalue weighted by atomic mass is 35.5. The SMILES string of the molecule is CCN(CC(O)CCl)c1cccc2ccccc12. The van der Waals surface area contributed by atoms with Gasteiger partial charge in [-0.3, -0.25) is 0 Å². The standard InChI is InChI=1S/C15H18ClNO/c1-2-17(11-13(18)10-16)15-9-5-7-12-6-3-4-8-14(12)15/h3-9,13,18H,2,10-11H2,1H3. The van der Waals surface area contributed by atoms with Crippen LogP contribution in [-0.4, -0.2) is 30.2 Å². The van der Waals surface area contributed by atoms with Crippen LogP contribution in [0.3, 0.4) is 0 Å². The normalized spacial score (nSPS) is 12.6. The molecule has 1 atom stereocenters. The summed E-state index contributed by atoms with van der Waals surface area (Å²) in [5.74, 6) is 0.265. The van der Waals surface area contributed by atoms with E-state index >= 15 is 0 Å². The number of alkyl halides is 1. The minimum atomic E-state index is -0.495. The van der Waals surface area contributed by atoms with Gasteiger partial charge < -0.3 is 10.0 Å². The van der Waals surface area contributed by atoms with Crippen LogP contribution in [0.15, 0.2) is 42.5 Å². The van der Waals surface area contributed by atoms with Gasteiger partial charge in [-0.2, -0.15) is 0 Å². The summed E-state index contributed by atoms with van der Waals surface area (Å²) in [7, 11) is 0. The summed E-state index contributed by atoms with van der Waals surface area (Å²) in [4.78, 5) is 2.16. The van der Waals surface area contributed by atoms with Crippen LogP contribution in [-0.2, 0) is 0 Å². The summed E-state index contributed by atoms with van der Waals surface area (Å²) in [6.07, 6.45) is -0.495. The summed E-state index contributed by atoms with van der Waals surface area (Å²) in [6, 6.07) is 14.5. The van der Waals surface area contributed by atoms with Gasteiger partial charge in [0.15, 0.2) is 0 Å². The predicted molar refractivity (Wildman–Crippen MR) is 78.6 cm³/mol. The highest BCUT2D eigenvalue weighted by Crippen LogP contribution is 2.26. The summed E-state index contributed by atoms with van der Waals surface area (Å²) in [5, 5.41) is 12.1. The Bertz CT molecular complexity index is 509. The molecule has 2 nitrogen and oxygen atoms in total. The fraction of sp³-hybridized carbons (Fsp3) is 0.333. The number of aliphatic hydroxyl groups excluding tert-OH is 1. The average Bonchev–Trinajstić information content (AvgIpc) is 2.44. The van der Waals surface area contributed by atoms with Gasteiger partial charge >= 0.3 is 0 Å². The third-order valence-corrected chi connectivity index (χ3v) is 3.45. The molecule has 2 rings (SSSR count). The van der Waals surface area contributed by atoms with Gasteiger partial charge in [-0.25, -0.2) is 0 Å². The molecule has 0 bridgehead atoms. The molecule has 1 N–H and O–H groups in total. The average molecular weight is 264 g/mol. The second-order valence-corrected chi connectivity index (χ2v) is 4.65. The molecule has 0 aromatic heterocycles. The van der Waals surface area contributed by atoms with Crippen molar-refractivity contribution in [3.63, 3.8) is 0 Å². The van der Waals surface area contributed by atoms with E-state index in [4.69, 9.17) is 11.6 Å². The predicted octanol–water partition coefficient (Wildman–Crippen LogP) is 3.27. The molecule has 96 valence electrons. The van der Waals surface area contributed by atoms with E-state index in [0.717, 1.165) is 12.2 Å². The van der Waals surface area contributed by atoms with Gasteiger partial charge in [-0.1, -0.05) is 36.4 Å². The number of anilines is 1. The van der Waals surface area contributed by atoms with E-state index in [1.165, 1.54) is 10.8 Å². The van der Waals surface area contributed by atoms with Gasteiger partial charge in [-0.05, 0) is 18.4 Å². The third-order valence-electron chi connectivity index (χ3n) is 3.10. The molecule has 0 saturated heterocycles. The van der Waals surface area contributed by atoms with Crippen molar-refractivity contribution < 1.29 is 5.11 Å². The van der Waals surface area contributed by atoms with Gasteiger partial charge in [0.2, 0.25) is 0 Å². The zero-order valence-electron chi connectivity index (χ0n) is 10.5. The molecule has 0 radical (unpaired) electrons. The Morgan fingerprint density at radius 1 is 1.17 bits per heavy atom. The monoisotopic (exact) mass is 263 g/mol. The quantitative estimate of drug-likeness (QED) is 0.837. The number of hydrogen-bond acceptors (Lipinski definition) is 2. The molecule has 0 saturated carbocycles. The molecule has 1 unspecified atom stereocenters. The van der Waals surface area contributed by atoms with Crippen molar-refractivity contribution in [2.45, 2.75) is 13.0 Å². The van der Waals surface area contributed by atoms with Crippen molar-refractivity contribution in [3.05, 3.63) is 42.5 Å². The van der Waals surface area contributed by atoms with Crippen molar-refractivity contribution in [2.75, 3.05) is 23.9 Å². The highest BCUT2D eigenvalue weighted by molar-refractivity contribution is 6.18. The van der Waals surface area contributed by atoms with E-state index in [9.17, 15) is 5.11 Å². The fourth-order valence-electron chi connectivity index (χ4n) is 2.19. The Balaban J connectivity index is 2.38. The lowest BCUT2D eigenvalue weighted by molar-refractivity contribution is 0.203. The molecule has 0 spiro atoms.